The van der Waals surface area contributed by atoms with Crippen molar-refractivity contribution in [1.82, 2.24) is 5.32 Å². The van der Waals surface area contributed by atoms with Crippen molar-refractivity contribution in [3.05, 3.63) is 0 Å². The third-order valence-electron chi connectivity index (χ3n) is 2.27. The largest absolute Gasteiger partial charge is 0.396 e. The highest BCUT2D eigenvalue weighted by Crippen LogP contribution is 2.25. The van der Waals surface area contributed by atoms with E-state index >= 15 is 0 Å². The zero-order chi connectivity index (χ0) is 8.97. The average Bonchev–Trinajstić information content (AvgIpc) is 2.47. The molecule has 0 radical (unpaired) electrons. The van der Waals surface area contributed by atoms with Gasteiger partial charge in [0.05, 0.1) is 0 Å². The van der Waals surface area contributed by atoms with Crippen molar-refractivity contribution >= 4 is 11.8 Å². The van der Waals surface area contributed by atoms with E-state index in [1.165, 1.54) is 12.2 Å². The third kappa shape index (κ3) is 3.33. The van der Waals surface area contributed by atoms with E-state index < -0.39 is 0 Å². The zero-order valence-corrected chi connectivity index (χ0v) is 8.73. The van der Waals surface area contributed by atoms with Gasteiger partial charge < -0.3 is 10.4 Å². The van der Waals surface area contributed by atoms with Gasteiger partial charge in [0.2, 0.25) is 0 Å². The second-order valence-corrected chi connectivity index (χ2v) is 5.24. The van der Waals surface area contributed by atoms with Crippen molar-refractivity contribution in [1.29, 1.82) is 0 Å². The molecule has 0 spiro atoms. The minimum atomic E-state index is 0.294. The smallest absolute Gasteiger partial charge is 0.0468 e. The minimum Gasteiger partial charge on any atom is -0.396 e. The molecule has 3 atom stereocenters. The summed E-state index contributed by atoms with van der Waals surface area (Å²) in [5.74, 6) is 1.63. The maximum absolute atomic E-state index is 8.82. The van der Waals surface area contributed by atoms with E-state index in [0.717, 1.165) is 11.8 Å². The van der Waals surface area contributed by atoms with Gasteiger partial charge in [-0.1, -0.05) is 13.8 Å². The van der Waals surface area contributed by atoms with E-state index in [0.29, 0.717) is 18.6 Å². The van der Waals surface area contributed by atoms with Gasteiger partial charge in [-0.25, -0.2) is 0 Å². The normalized spacial score (nSPS) is 32.2. The topological polar surface area (TPSA) is 32.3 Å². The number of thioether (sulfide) groups is 1. The van der Waals surface area contributed by atoms with Crippen molar-refractivity contribution in [2.45, 2.75) is 31.6 Å². The van der Waals surface area contributed by atoms with Crippen molar-refractivity contribution < 1.29 is 5.11 Å². The van der Waals surface area contributed by atoms with E-state index in [1.54, 1.807) is 0 Å². The lowest BCUT2D eigenvalue weighted by molar-refractivity contribution is 0.231. The Morgan fingerprint density at radius 2 is 2.42 bits per heavy atom. The van der Waals surface area contributed by atoms with Crippen LogP contribution in [0.2, 0.25) is 0 Å². The van der Waals surface area contributed by atoms with Crippen LogP contribution in [0.25, 0.3) is 0 Å². The highest BCUT2D eigenvalue weighted by atomic mass is 32.2. The Morgan fingerprint density at radius 3 is 2.92 bits per heavy atom. The molecule has 1 rings (SSSR count). The van der Waals surface area contributed by atoms with Gasteiger partial charge in [-0.3, -0.25) is 0 Å². The summed E-state index contributed by atoms with van der Waals surface area (Å²) >= 11 is 2.04. The molecule has 3 unspecified atom stereocenters. The van der Waals surface area contributed by atoms with Crippen LogP contribution >= 0.6 is 11.8 Å². The third-order valence-corrected chi connectivity index (χ3v) is 3.62. The predicted octanol–water partition coefficient (Wildman–Crippen LogP) is 1.10. The predicted molar refractivity (Wildman–Crippen MR) is 54.6 cm³/mol. The van der Waals surface area contributed by atoms with Gasteiger partial charge >= 0.3 is 0 Å². The standard InChI is InChI=1S/C9H19NOS/c1-7(5-11)4-10-9-3-8(2)12-6-9/h7-11H,3-6H2,1-2H3. The fourth-order valence-corrected chi connectivity index (χ4v) is 2.57. The average molecular weight is 189 g/mol. The number of nitrogens with one attached hydrogen (secondary N) is 1. The molecule has 1 saturated heterocycles. The van der Waals surface area contributed by atoms with Gasteiger partial charge in [0.25, 0.3) is 0 Å². The first-order chi connectivity index (χ1) is 5.72. The quantitative estimate of drug-likeness (QED) is 0.694. The summed E-state index contributed by atoms with van der Waals surface area (Å²) in [7, 11) is 0. The Bertz CT molecular complexity index is 132. The zero-order valence-electron chi connectivity index (χ0n) is 7.92. The molecule has 72 valence electrons. The summed E-state index contributed by atoms with van der Waals surface area (Å²) in [6, 6.07) is 0.680. The molecular weight excluding hydrogens is 170 g/mol. The van der Waals surface area contributed by atoms with Crippen LogP contribution in [0.4, 0.5) is 0 Å². The molecule has 0 aliphatic carbocycles. The lowest BCUT2D eigenvalue weighted by Gasteiger charge is -2.14. The Labute approximate surface area is 79.1 Å². The molecule has 12 heavy (non-hydrogen) atoms. The first kappa shape index (κ1) is 10.4. The van der Waals surface area contributed by atoms with Gasteiger partial charge in [0.15, 0.2) is 0 Å². The van der Waals surface area contributed by atoms with Crippen molar-refractivity contribution in [2.75, 3.05) is 18.9 Å². The van der Waals surface area contributed by atoms with E-state index in [4.69, 9.17) is 5.11 Å². The summed E-state index contributed by atoms with van der Waals surface area (Å²) in [4.78, 5) is 0. The molecule has 2 N–H and O–H groups in total. The Morgan fingerprint density at radius 1 is 1.67 bits per heavy atom. The highest BCUT2D eigenvalue weighted by molar-refractivity contribution is 8.00. The van der Waals surface area contributed by atoms with Crippen LogP contribution in [-0.4, -0.2) is 35.3 Å². The van der Waals surface area contributed by atoms with Gasteiger partial charge in [0, 0.05) is 30.2 Å². The SMILES string of the molecule is CC(CO)CNC1CSC(C)C1. The van der Waals surface area contributed by atoms with E-state index in [1.807, 2.05) is 11.8 Å². The maximum atomic E-state index is 8.82. The van der Waals surface area contributed by atoms with Crippen LogP contribution < -0.4 is 5.32 Å². The van der Waals surface area contributed by atoms with Crippen molar-refractivity contribution in [3.63, 3.8) is 0 Å². The molecule has 0 amide bonds. The summed E-state index contributed by atoms with van der Waals surface area (Å²) in [6.07, 6.45) is 1.28. The second kappa shape index (κ2) is 5.10. The van der Waals surface area contributed by atoms with Gasteiger partial charge in [-0.15, -0.1) is 0 Å². The molecule has 2 nitrogen and oxygen atoms in total. The van der Waals surface area contributed by atoms with E-state index in [9.17, 15) is 0 Å². The molecule has 0 bridgehead atoms. The van der Waals surface area contributed by atoms with Crippen LogP contribution in [0.15, 0.2) is 0 Å². The highest BCUT2D eigenvalue weighted by Gasteiger charge is 2.21. The molecule has 1 heterocycles. The number of aliphatic hydroxyl groups excluding tert-OH is 1. The fourth-order valence-electron chi connectivity index (χ4n) is 1.39. The van der Waals surface area contributed by atoms with Crippen LogP contribution in [0.1, 0.15) is 20.3 Å². The molecule has 0 aromatic carbocycles. The summed E-state index contributed by atoms with van der Waals surface area (Å²) in [5, 5.41) is 13.1. The lowest BCUT2D eigenvalue weighted by atomic mass is 10.1. The molecule has 3 heteroatoms. The number of hydrogen-bond donors (Lipinski definition) is 2. The minimum absolute atomic E-state index is 0.294. The number of rotatable bonds is 4. The van der Waals surface area contributed by atoms with Crippen molar-refractivity contribution in [3.8, 4) is 0 Å². The second-order valence-electron chi connectivity index (χ2n) is 3.77. The maximum Gasteiger partial charge on any atom is 0.0468 e. The van der Waals surface area contributed by atoms with Gasteiger partial charge in [-0.05, 0) is 12.3 Å². The van der Waals surface area contributed by atoms with Crippen LogP contribution in [-0.2, 0) is 0 Å². The molecule has 0 saturated carbocycles. The number of hydrogen-bond acceptors (Lipinski definition) is 3. The van der Waals surface area contributed by atoms with E-state index in [-0.39, 0.29) is 0 Å². The Balaban J connectivity index is 2.07. The van der Waals surface area contributed by atoms with Crippen molar-refractivity contribution in [2.24, 2.45) is 5.92 Å². The molecule has 0 aromatic rings. The van der Waals surface area contributed by atoms with Crippen LogP contribution in [0.5, 0.6) is 0 Å². The molecule has 1 fully saturated rings. The monoisotopic (exact) mass is 189 g/mol. The number of aliphatic hydroxyl groups is 1. The van der Waals surface area contributed by atoms with Gasteiger partial charge in [0.1, 0.15) is 0 Å². The molecular formula is C9H19NOS. The first-order valence-electron chi connectivity index (χ1n) is 4.68. The first-order valence-corrected chi connectivity index (χ1v) is 5.73. The summed E-state index contributed by atoms with van der Waals surface area (Å²) in [6.45, 7) is 5.59. The Hall–Kier alpha value is 0.270. The van der Waals surface area contributed by atoms with Gasteiger partial charge in [-0.2, -0.15) is 11.8 Å². The molecule has 1 aliphatic heterocycles. The van der Waals surface area contributed by atoms with Crippen LogP contribution in [0.3, 0.4) is 0 Å². The Kier molecular flexibility index (Phi) is 4.40. The van der Waals surface area contributed by atoms with Crippen LogP contribution in [0, 0.1) is 5.92 Å². The molecule has 1 aliphatic rings. The van der Waals surface area contributed by atoms with E-state index in [2.05, 4.69) is 19.2 Å². The molecule has 0 aromatic heterocycles. The lowest BCUT2D eigenvalue weighted by Crippen LogP contribution is -2.33. The summed E-state index contributed by atoms with van der Waals surface area (Å²) < 4.78 is 0. The fraction of sp³-hybridized carbons (Fsp3) is 1.00. The summed E-state index contributed by atoms with van der Waals surface area (Å²) in [5.41, 5.74) is 0.